The van der Waals surface area contributed by atoms with Crippen LogP contribution in [0.4, 0.5) is 0 Å². The van der Waals surface area contributed by atoms with Gasteiger partial charge in [0.1, 0.15) is 19.3 Å². The highest BCUT2D eigenvalue weighted by molar-refractivity contribution is 7.47. The summed E-state index contributed by atoms with van der Waals surface area (Å²) in [5.74, 6) is -2.16. The highest BCUT2D eigenvalue weighted by Gasteiger charge is 2.30. The molecule has 0 aromatic rings. The molecule has 100 heavy (non-hydrogen) atoms. The molecule has 17 nitrogen and oxygen atoms in total. The van der Waals surface area contributed by atoms with Crippen molar-refractivity contribution in [3.8, 4) is 0 Å². The van der Waals surface area contributed by atoms with E-state index in [1.165, 1.54) is 141 Å². The van der Waals surface area contributed by atoms with E-state index in [0.717, 1.165) is 154 Å². The number of carbonyl (C=O) groups is 4. The van der Waals surface area contributed by atoms with Gasteiger partial charge in [-0.25, -0.2) is 9.13 Å². The molecule has 0 aromatic heterocycles. The van der Waals surface area contributed by atoms with Crippen LogP contribution < -0.4 is 0 Å². The highest BCUT2D eigenvalue weighted by atomic mass is 31.2. The molecule has 0 heterocycles. The van der Waals surface area contributed by atoms with E-state index in [9.17, 15) is 43.2 Å². The van der Waals surface area contributed by atoms with Gasteiger partial charge in [-0.1, -0.05) is 320 Å². The average molecular weight is 1460 g/mol. The summed E-state index contributed by atoms with van der Waals surface area (Å²) >= 11 is 0. The summed E-state index contributed by atoms with van der Waals surface area (Å²) in [6.45, 7) is 4.81. The topological polar surface area (TPSA) is 237 Å². The van der Waals surface area contributed by atoms with Crippen LogP contribution in [0.5, 0.6) is 0 Å². The third kappa shape index (κ3) is 73.1. The SMILES string of the molecule is CC/C=C\C/C=C\C/C=C\C/C=C\CCCCCCCCC(=O)OCC(COP(=O)(O)OCC(O)COP(=O)(O)OCC(COC(=O)CCCCCCC/C=C\CCCCCCCC)OC(=O)CCCCCCCCCCCCC)OC(=O)CCCCCCCCCCCCCCCCC. The molecule has 5 unspecified atom stereocenters. The van der Waals surface area contributed by atoms with Gasteiger partial charge in [-0.05, 0) is 89.9 Å². The highest BCUT2D eigenvalue weighted by Crippen LogP contribution is 2.45. The van der Waals surface area contributed by atoms with Crippen molar-refractivity contribution >= 4 is 39.5 Å². The van der Waals surface area contributed by atoms with Crippen LogP contribution in [-0.2, 0) is 65.4 Å². The minimum absolute atomic E-state index is 0.0983. The molecular formula is C81H148O17P2. The second-order valence-electron chi connectivity index (χ2n) is 27.3. The summed E-state index contributed by atoms with van der Waals surface area (Å²) in [6, 6.07) is 0. The van der Waals surface area contributed by atoms with Crippen LogP contribution in [0.3, 0.4) is 0 Å². The lowest BCUT2D eigenvalue weighted by molar-refractivity contribution is -0.161. The number of hydrogen-bond acceptors (Lipinski definition) is 15. The number of esters is 4. The van der Waals surface area contributed by atoms with E-state index in [1.54, 1.807) is 0 Å². The van der Waals surface area contributed by atoms with Crippen LogP contribution in [-0.4, -0.2) is 96.7 Å². The van der Waals surface area contributed by atoms with Crippen LogP contribution >= 0.6 is 15.6 Å². The Morgan fingerprint density at radius 1 is 0.290 bits per heavy atom. The zero-order valence-electron chi connectivity index (χ0n) is 63.9. The first-order valence-corrected chi connectivity index (χ1v) is 43.5. The first-order valence-electron chi connectivity index (χ1n) is 40.5. The minimum Gasteiger partial charge on any atom is -0.462 e. The third-order valence-electron chi connectivity index (χ3n) is 17.5. The van der Waals surface area contributed by atoms with E-state index >= 15 is 0 Å². The molecule has 0 rings (SSSR count). The third-order valence-corrected chi connectivity index (χ3v) is 19.4. The molecule has 0 saturated carbocycles. The number of rotatable bonds is 77. The maximum Gasteiger partial charge on any atom is 0.472 e. The molecule has 0 fully saturated rings. The number of unbranched alkanes of at least 4 members (excludes halogenated alkanes) is 41. The van der Waals surface area contributed by atoms with Crippen LogP contribution in [0, 0.1) is 0 Å². The lowest BCUT2D eigenvalue weighted by atomic mass is 10.0. The smallest absolute Gasteiger partial charge is 0.462 e. The Labute approximate surface area is 610 Å². The van der Waals surface area contributed by atoms with E-state index in [1.807, 2.05) is 0 Å². The zero-order chi connectivity index (χ0) is 73.2. The number of allylic oxidation sites excluding steroid dienone is 10. The molecule has 0 spiro atoms. The molecule has 0 aliphatic carbocycles. The summed E-state index contributed by atoms with van der Waals surface area (Å²) in [5.41, 5.74) is 0. The Kier molecular flexibility index (Phi) is 71.6. The Hall–Kier alpha value is -3.24. The summed E-state index contributed by atoms with van der Waals surface area (Å²) < 4.78 is 68.6. The van der Waals surface area contributed by atoms with Crippen molar-refractivity contribution in [3.63, 3.8) is 0 Å². The average Bonchev–Trinajstić information content (AvgIpc) is 0.985. The maximum atomic E-state index is 13.1. The number of aliphatic hydroxyl groups excluding tert-OH is 1. The molecule has 0 aliphatic rings. The van der Waals surface area contributed by atoms with Gasteiger partial charge in [0.25, 0.3) is 0 Å². The van der Waals surface area contributed by atoms with E-state index < -0.39 is 97.5 Å². The summed E-state index contributed by atoms with van der Waals surface area (Å²) in [4.78, 5) is 73.0. The van der Waals surface area contributed by atoms with Gasteiger partial charge >= 0.3 is 39.5 Å². The van der Waals surface area contributed by atoms with Crippen molar-refractivity contribution in [2.45, 2.75) is 393 Å². The minimum atomic E-state index is -4.97. The molecular weight excluding hydrogens is 1310 g/mol. The van der Waals surface area contributed by atoms with Crippen molar-refractivity contribution in [1.29, 1.82) is 0 Å². The molecule has 0 radical (unpaired) electrons. The van der Waals surface area contributed by atoms with Crippen LogP contribution in [0.25, 0.3) is 0 Å². The predicted molar refractivity (Wildman–Crippen MR) is 409 cm³/mol. The standard InChI is InChI=1S/C81H148O17P2/c1-5-9-13-17-21-25-29-32-35-36-37-38-41-43-47-50-54-58-62-66-79(84)92-72-77(98-81(86)68-64-60-56-52-48-44-40-34-31-27-23-19-15-11-7-3)74-96-100(89,90)94-70-75(82)69-93-99(87,88)95-73-76(97-80(85)67-63-59-55-51-45-28-24-20-16-12-8-4)71-91-78(83)65-61-57-53-49-46-42-39-33-30-26-22-18-14-10-6-2/h9,13,21,25,32-33,35,37-39,75-77,82H,5-8,10-12,14-20,22-24,26-31,34,36,40-74H2,1-4H3,(H,87,88)(H,89,90)/b13-9-,25-21-,35-32-,38-37-,39-33-. The number of carbonyl (C=O) groups excluding carboxylic acids is 4. The van der Waals surface area contributed by atoms with E-state index in [4.69, 9.17) is 37.0 Å². The fraction of sp³-hybridized carbons (Fsp3) is 0.827. The number of hydrogen-bond donors (Lipinski definition) is 3. The van der Waals surface area contributed by atoms with Crippen molar-refractivity contribution < 1.29 is 80.2 Å². The largest absolute Gasteiger partial charge is 0.472 e. The Morgan fingerprint density at radius 2 is 0.520 bits per heavy atom. The van der Waals surface area contributed by atoms with Gasteiger partial charge in [0, 0.05) is 25.7 Å². The Morgan fingerprint density at radius 3 is 0.810 bits per heavy atom. The second-order valence-corrected chi connectivity index (χ2v) is 30.3. The van der Waals surface area contributed by atoms with E-state index in [-0.39, 0.29) is 25.7 Å². The molecule has 5 atom stereocenters. The van der Waals surface area contributed by atoms with Crippen LogP contribution in [0.1, 0.15) is 374 Å². The Balaban J connectivity index is 5.30. The molecule has 19 heteroatoms. The van der Waals surface area contributed by atoms with Crippen molar-refractivity contribution in [3.05, 3.63) is 60.8 Å². The summed E-state index contributed by atoms with van der Waals surface area (Å²) in [7, 11) is -9.94. The Bertz CT molecular complexity index is 2130. The molecule has 0 bridgehead atoms. The fourth-order valence-electron chi connectivity index (χ4n) is 11.3. The van der Waals surface area contributed by atoms with Crippen molar-refractivity contribution in [2.75, 3.05) is 39.6 Å². The van der Waals surface area contributed by atoms with Crippen LogP contribution in [0.2, 0.25) is 0 Å². The predicted octanol–water partition coefficient (Wildman–Crippen LogP) is 23.5. The molecule has 584 valence electrons. The quantitative estimate of drug-likeness (QED) is 0.0169. The summed E-state index contributed by atoms with van der Waals surface area (Å²) in [6.07, 6.45) is 73.4. The first kappa shape index (κ1) is 96.8. The van der Waals surface area contributed by atoms with Gasteiger partial charge in [-0.15, -0.1) is 0 Å². The molecule has 3 N–H and O–H groups in total. The molecule has 0 aliphatic heterocycles. The number of phosphoric ester groups is 2. The van der Waals surface area contributed by atoms with Gasteiger partial charge < -0.3 is 33.8 Å². The number of phosphoric acid groups is 2. The normalized spacial score (nSPS) is 14.2. The molecule has 0 amide bonds. The zero-order valence-corrected chi connectivity index (χ0v) is 65.7. The van der Waals surface area contributed by atoms with E-state index in [2.05, 4.69) is 88.5 Å². The van der Waals surface area contributed by atoms with Gasteiger partial charge in [0.05, 0.1) is 26.4 Å². The maximum absolute atomic E-state index is 13.1. The van der Waals surface area contributed by atoms with Crippen LogP contribution in [0.15, 0.2) is 60.8 Å². The van der Waals surface area contributed by atoms with E-state index in [0.29, 0.717) is 25.7 Å². The van der Waals surface area contributed by atoms with Crippen molar-refractivity contribution in [1.82, 2.24) is 0 Å². The van der Waals surface area contributed by atoms with Crippen molar-refractivity contribution in [2.24, 2.45) is 0 Å². The van der Waals surface area contributed by atoms with Gasteiger partial charge in [0.2, 0.25) is 0 Å². The monoisotopic (exact) mass is 1460 g/mol. The van der Waals surface area contributed by atoms with Gasteiger partial charge in [-0.3, -0.25) is 37.3 Å². The lowest BCUT2D eigenvalue weighted by Crippen LogP contribution is -2.30. The number of aliphatic hydroxyl groups is 1. The lowest BCUT2D eigenvalue weighted by Gasteiger charge is -2.21. The first-order chi connectivity index (χ1) is 48.7. The van der Waals surface area contributed by atoms with Gasteiger partial charge in [0.15, 0.2) is 12.2 Å². The van der Waals surface area contributed by atoms with Gasteiger partial charge in [-0.2, -0.15) is 0 Å². The molecule has 0 saturated heterocycles. The fourth-order valence-corrected chi connectivity index (χ4v) is 12.9. The number of ether oxygens (including phenoxy) is 4. The summed E-state index contributed by atoms with van der Waals surface area (Å²) in [5, 5.41) is 10.6. The second kappa shape index (κ2) is 74.0. The molecule has 0 aromatic carbocycles.